The van der Waals surface area contributed by atoms with E-state index in [9.17, 15) is 14.7 Å². The molecule has 4 aliphatic carbocycles. The molecular formula is C23H28O7. The summed E-state index contributed by atoms with van der Waals surface area (Å²) in [5, 5.41) is 11.4. The van der Waals surface area contributed by atoms with Crippen molar-refractivity contribution in [2.45, 2.75) is 63.8 Å². The Morgan fingerprint density at radius 2 is 1.93 bits per heavy atom. The lowest BCUT2D eigenvalue weighted by atomic mass is 9.54. The van der Waals surface area contributed by atoms with Crippen molar-refractivity contribution in [1.29, 1.82) is 0 Å². The van der Waals surface area contributed by atoms with Crippen molar-refractivity contribution < 1.29 is 33.9 Å². The third kappa shape index (κ3) is 1.95. The molecule has 3 saturated carbocycles. The van der Waals surface area contributed by atoms with Crippen LogP contribution in [0, 0.1) is 35.0 Å². The number of allylic oxidation sites excluding steroid dienone is 1. The van der Waals surface area contributed by atoms with Crippen molar-refractivity contribution in [3.8, 4) is 0 Å². The highest BCUT2D eigenvalue weighted by atomic mass is 17.2. The molecule has 2 saturated heterocycles. The van der Waals surface area contributed by atoms with Crippen molar-refractivity contribution in [3.05, 3.63) is 23.3 Å². The summed E-state index contributed by atoms with van der Waals surface area (Å²) in [6.07, 6.45) is 1.01. The van der Waals surface area contributed by atoms with Crippen LogP contribution < -0.4 is 0 Å². The van der Waals surface area contributed by atoms with E-state index in [0.29, 0.717) is 5.57 Å². The number of hydrogen-bond acceptors (Lipinski definition) is 7. The maximum atomic E-state index is 14.2. The molecule has 1 N–H and O–H groups in total. The predicted molar refractivity (Wildman–Crippen MR) is 103 cm³/mol. The molecule has 7 nitrogen and oxygen atoms in total. The Kier molecular flexibility index (Phi) is 3.67. The molecule has 0 aromatic heterocycles. The van der Waals surface area contributed by atoms with Crippen molar-refractivity contribution in [3.63, 3.8) is 0 Å². The fourth-order valence-corrected chi connectivity index (χ4v) is 7.47. The number of epoxide rings is 1. The Bertz CT molecular complexity index is 915. The predicted octanol–water partition coefficient (Wildman–Crippen LogP) is 1.39. The van der Waals surface area contributed by atoms with E-state index in [1.54, 1.807) is 7.11 Å². The van der Waals surface area contributed by atoms with Crippen LogP contribution in [-0.4, -0.2) is 59.9 Å². The first kappa shape index (κ1) is 19.3. The van der Waals surface area contributed by atoms with Crippen LogP contribution in [0.3, 0.4) is 0 Å². The fourth-order valence-electron chi connectivity index (χ4n) is 7.47. The van der Waals surface area contributed by atoms with Gasteiger partial charge in [-0.3, -0.25) is 9.59 Å². The third-order valence-electron chi connectivity index (χ3n) is 8.73. The molecule has 30 heavy (non-hydrogen) atoms. The van der Waals surface area contributed by atoms with Crippen LogP contribution >= 0.6 is 0 Å². The van der Waals surface area contributed by atoms with Crippen LogP contribution in [0.25, 0.3) is 0 Å². The largest absolute Gasteiger partial charge is 0.392 e. The van der Waals surface area contributed by atoms with Gasteiger partial charge in [-0.25, -0.2) is 9.78 Å². The molecular weight excluding hydrogens is 388 g/mol. The average Bonchev–Trinajstić information content (AvgIpc) is 3.37. The molecule has 0 radical (unpaired) electrons. The summed E-state index contributed by atoms with van der Waals surface area (Å²) in [5.41, 5.74) is -0.193. The number of aliphatic hydroxyl groups is 1. The summed E-state index contributed by atoms with van der Waals surface area (Å²) in [6.45, 7) is 7.81. The minimum atomic E-state index is -0.962. The van der Waals surface area contributed by atoms with E-state index in [1.807, 2.05) is 39.8 Å². The van der Waals surface area contributed by atoms with Gasteiger partial charge >= 0.3 is 0 Å². The Morgan fingerprint density at radius 3 is 2.60 bits per heavy atom. The van der Waals surface area contributed by atoms with Crippen LogP contribution in [0.2, 0.25) is 0 Å². The number of ketones is 2. The van der Waals surface area contributed by atoms with Crippen LogP contribution in [0.15, 0.2) is 23.3 Å². The molecule has 4 bridgehead atoms. The highest BCUT2D eigenvalue weighted by Crippen LogP contribution is 2.72. The Balaban J connectivity index is 1.67. The molecule has 5 fully saturated rings. The van der Waals surface area contributed by atoms with Gasteiger partial charge in [-0.1, -0.05) is 17.7 Å². The molecule has 6 rings (SSSR count). The van der Waals surface area contributed by atoms with Gasteiger partial charge in [-0.05, 0) is 27.7 Å². The summed E-state index contributed by atoms with van der Waals surface area (Å²) in [6, 6.07) is 0. The number of aliphatic hydroxyl groups excluding tert-OH is 1. The van der Waals surface area contributed by atoms with Gasteiger partial charge in [0.25, 0.3) is 0 Å². The van der Waals surface area contributed by atoms with E-state index in [4.69, 9.17) is 19.2 Å². The summed E-state index contributed by atoms with van der Waals surface area (Å²) in [4.78, 5) is 39.5. The van der Waals surface area contributed by atoms with E-state index in [1.165, 1.54) is 0 Å². The van der Waals surface area contributed by atoms with Crippen LogP contribution in [-0.2, 0) is 28.8 Å². The molecule has 2 heterocycles. The number of carbonyl (C=O) groups is 2. The van der Waals surface area contributed by atoms with E-state index < -0.39 is 47.3 Å². The number of ether oxygens (including phenoxy) is 2. The van der Waals surface area contributed by atoms with E-state index in [-0.39, 0.29) is 35.4 Å². The normalized spacial score (nSPS) is 52.5. The molecule has 7 heteroatoms. The number of hydrogen-bond donors (Lipinski definition) is 1. The Hall–Kier alpha value is -1.38. The first-order valence-electron chi connectivity index (χ1n) is 10.8. The van der Waals surface area contributed by atoms with Gasteiger partial charge in [0.1, 0.15) is 24.4 Å². The second-order valence-corrected chi connectivity index (χ2v) is 10.6. The topological polar surface area (TPSA) is 94.6 Å². The monoisotopic (exact) mass is 416 g/mol. The number of fused-ring (bicyclic) bond motifs is 4. The van der Waals surface area contributed by atoms with Gasteiger partial charge in [-0.2, -0.15) is 0 Å². The smallest absolute Gasteiger partial charge is 0.190 e. The van der Waals surface area contributed by atoms with E-state index in [2.05, 4.69) is 0 Å². The number of carbonyl (C=O) groups excluding carboxylic acids is 2. The molecule has 0 aromatic carbocycles. The van der Waals surface area contributed by atoms with Gasteiger partial charge in [0.2, 0.25) is 0 Å². The van der Waals surface area contributed by atoms with Crippen molar-refractivity contribution in [2.75, 3.05) is 7.11 Å². The van der Waals surface area contributed by atoms with Crippen molar-refractivity contribution in [1.82, 2.24) is 0 Å². The lowest BCUT2D eigenvalue weighted by Gasteiger charge is -2.54. The van der Waals surface area contributed by atoms with Gasteiger partial charge in [0.05, 0.1) is 23.0 Å². The van der Waals surface area contributed by atoms with Crippen molar-refractivity contribution in [2.24, 2.45) is 35.0 Å². The van der Waals surface area contributed by atoms with E-state index >= 15 is 0 Å². The molecule has 162 valence electrons. The zero-order valence-electron chi connectivity index (χ0n) is 17.8. The van der Waals surface area contributed by atoms with Gasteiger partial charge in [0.15, 0.2) is 11.6 Å². The maximum Gasteiger partial charge on any atom is 0.190 e. The average molecular weight is 416 g/mol. The number of Topliss-reactive ketones (excluding diaryl/α,β-unsaturated/α-hetero) is 2. The van der Waals surface area contributed by atoms with Crippen molar-refractivity contribution >= 4 is 11.6 Å². The number of rotatable bonds is 3. The summed E-state index contributed by atoms with van der Waals surface area (Å²) >= 11 is 0. The highest BCUT2D eigenvalue weighted by molar-refractivity contribution is 6.10. The first-order chi connectivity index (χ1) is 14.2. The zero-order valence-corrected chi connectivity index (χ0v) is 17.8. The molecule has 1 unspecified atom stereocenters. The molecule has 6 aliphatic rings. The second-order valence-electron chi connectivity index (χ2n) is 10.6. The zero-order chi connectivity index (χ0) is 21.3. The molecule has 0 aromatic rings. The SMILES string of the molecule is COC(C)(C)[C@@H]1C=C2C(=O)[C@H]3O[C@H]3C3[C@H]4OO[C@@H](C=C(C)C)[C@@]15C(=O)[C@@H]2[C@H]([C@@H]45)[C@H]3O. The molecule has 2 aliphatic heterocycles. The third-order valence-corrected chi connectivity index (χ3v) is 8.73. The van der Waals surface area contributed by atoms with Crippen LogP contribution in [0.4, 0.5) is 0 Å². The Morgan fingerprint density at radius 1 is 1.20 bits per heavy atom. The van der Waals surface area contributed by atoms with Gasteiger partial charge < -0.3 is 14.6 Å². The van der Waals surface area contributed by atoms with Gasteiger partial charge in [-0.15, -0.1) is 0 Å². The first-order valence-corrected chi connectivity index (χ1v) is 10.8. The van der Waals surface area contributed by atoms with E-state index in [0.717, 1.165) is 5.57 Å². The summed E-state index contributed by atoms with van der Waals surface area (Å²) in [5.74, 6) is -2.20. The number of methoxy groups -OCH3 is 1. The molecule has 1 spiro atoms. The second kappa shape index (κ2) is 5.70. The lowest BCUT2D eigenvalue weighted by Crippen LogP contribution is -2.63. The minimum Gasteiger partial charge on any atom is -0.392 e. The van der Waals surface area contributed by atoms with Crippen LogP contribution in [0.5, 0.6) is 0 Å². The molecule has 0 amide bonds. The maximum absolute atomic E-state index is 14.2. The Labute approximate surface area is 175 Å². The lowest BCUT2D eigenvalue weighted by molar-refractivity contribution is -0.410. The fraction of sp³-hybridized carbons (Fsp3) is 0.739. The molecule has 11 atom stereocenters. The summed E-state index contributed by atoms with van der Waals surface area (Å²) in [7, 11) is 1.63. The van der Waals surface area contributed by atoms with Gasteiger partial charge in [0, 0.05) is 36.4 Å². The highest BCUT2D eigenvalue weighted by Gasteiger charge is 2.82. The quantitative estimate of drug-likeness (QED) is 0.422. The minimum absolute atomic E-state index is 0.0223. The standard InChI is InChI=1S/C23H28O7/c1-8(2)6-11-23-10(22(3,4)27-5)7-9-12(21(23)26)13-15(23)18(30-29-11)14(17(13)25)19-20(28-19)16(9)24/h6-7,10-15,17-20,25H,1-5H3/t10-,11-,12-,13+,14?,15-,17+,18+,19-,20+,23-/m0/s1. The van der Waals surface area contributed by atoms with Crippen LogP contribution in [0.1, 0.15) is 27.7 Å². The summed E-state index contributed by atoms with van der Waals surface area (Å²) < 4.78 is 11.6.